The summed E-state index contributed by atoms with van der Waals surface area (Å²) >= 11 is 0. The first-order chi connectivity index (χ1) is 12.9. The number of aromatic nitrogens is 2. The lowest BCUT2D eigenvalue weighted by Gasteiger charge is -2.24. The van der Waals surface area contributed by atoms with Gasteiger partial charge in [-0.3, -0.25) is 9.20 Å². The number of hydrogen-bond donors (Lipinski definition) is 2. The Morgan fingerprint density at radius 3 is 2.56 bits per heavy atom. The first kappa shape index (κ1) is 17.8. The third kappa shape index (κ3) is 2.58. The summed E-state index contributed by atoms with van der Waals surface area (Å²) in [5.41, 5.74) is 4.66. The number of nitrogen functional groups attached to an aromatic ring is 1. The van der Waals surface area contributed by atoms with E-state index in [-0.39, 0.29) is 42.5 Å². The quantitative estimate of drug-likeness (QED) is 0.718. The number of fused-ring (bicyclic) bond motifs is 1. The highest BCUT2D eigenvalue weighted by atomic mass is 19.1. The van der Waals surface area contributed by atoms with Crippen molar-refractivity contribution >= 4 is 11.2 Å². The van der Waals surface area contributed by atoms with Gasteiger partial charge >= 0.3 is 5.69 Å². The van der Waals surface area contributed by atoms with Crippen LogP contribution in [-0.2, 0) is 0 Å². The molecule has 2 aromatic rings. The van der Waals surface area contributed by atoms with Crippen molar-refractivity contribution in [2.45, 2.75) is 24.9 Å². The number of alkyl halides is 1. The van der Waals surface area contributed by atoms with E-state index in [4.69, 9.17) is 16.3 Å². The molecule has 2 fully saturated rings. The standard InChI is InChI=1S/C17H21F2N5O3/c1-27-15-13(22-5-9(4-20)10(18)6-22)11(19)7-23-14(15)12(8-2-3-8)16(25)24(21)17(23)26/h7-10H,2-6,20-21H2,1H3/t9-,10+/m1/s1. The minimum Gasteiger partial charge on any atom is -0.492 e. The van der Waals surface area contributed by atoms with Gasteiger partial charge in [0.2, 0.25) is 0 Å². The van der Waals surface area contributed by atoms with E-state index < -0.39 is 29.2 Å². The smallest absolute Gasteiger partial charge is 0.354 e. The molecule has 4 N–H and O–H groups in total. The monoisotopic (exact) mass is 381 g/mol. The van der Waals surface area contributed by atoms with E-state index in [1.165, 1.54) is 12.0 Å². The highest BCUT2D eigenvalue weighted by molar-refractivity contribution is 5.78. The lowest BCUT2D eigenvalue weighted by atomic mass is 10.1. The molecule has 0 amide bonds. The van der Waals surface area contributed by atoms with Crippen molar-refractivity contribution in [3.8, 4) is 5.75 Å². The van der Waals surface area contributed by atoms with Crippen LogP contribution in [-0.4, -0.2) is 42.0 Å². The molecule has 0 radical (unpaired) electrons. The number of methoxy groups -OCH3 is 1. The molecule has 10 heteroatoms. The summed E-state index contributed by atoms with van der Waals surface area (Å²) in [5, 5.41) is 0. The maximum Gasteiger partial charge on any atom is 0.354 e. The summed E-state index contributed by atoms with van der Waals surface area (Å²) in [4.78, 5) is 26.6. The van der Waals surface area contributed by atoms with Crippen LogP contribution >= 0.6 is 0 Å². The summed E-state index contributed by atoms with van der Waals surface area (Å²) < 4.78 is 36.1. The molecule has 27 heavy (non-hydrogen) atoms. The SMILES string of the molecule is COc1c(N2C[C@@H](CN)[C@@H](F)C2)c(F)cn2c(=O)n(N)c(=O)c(C3CC3)c12. The van der Waals surface area contributed by atoms with Gasteiger partial charge < -0.3 is 21.2 Å². The van der Waals surface area contributed by atoms with Crippen molar-refractivity contribution in [1.29, 1.82) is 0 Å². The second-order valence-electron chi connectivity index (χ2n) is 7.14. The first-order valence-corrected chi connectivity index (χ1v) is 8.80. The fourth-order valence-corrected chi connectivity index (χ4v) is 3.87. The van der Waals surface area contributed by atoms with Gasteiger partial charge in [-0.05, 0) is 25.3 Å². The van der Waals surface area contributed by atoms with E-state index in [1.54, 1.807) is 0 Å². The Hall–Kier alpha value is -2.62. The van der Waals surface area contributed by atoms with Crippen LogP contribution in [0.2, 0.25) is 0 Å². The van der Waals surface area contributed by atoms with Gasteiger partial charge in [0.1, 0.15) is 17.4 Å². The Morgan fingerprint density at radius 2 is 2.00 bits per heavy atom. The summed E-state index contributed by atoms with van der Waals surface area (Å²) in [6.07, 6.45) is 1.32. The number of anilines is 1. The summed E-state index contributed by atoms with van der Waals surface area (Å²) in [5.74, 6) is 4.39. The molecule has 1 saturated carbocycles. The zero-order valence-corrected chi connectivity index (χ0v) is 14.8. The van der Waals surface area contributed by atoms with Gasteiger partial charge in [0.25, 0.3) is 5.56 Å². The predicted octanol–water partition coefficient (Wildman–Crippen LogP) is -0.0669. The molecule has 4 rings (SSSR count). The van der Waals surface area contributed by atoms with Crippen molar-refractivity contribution in [2.75, 3.05) is 37.5 Å². The number of halogens is 2. The molecule has 1 aliphatic carbocycles. The van der Waals surface area contributed by atoms with E-state index in [1.807, 2.05) is 0 Å². The Balaban J connectivity index is 2.03. The van der Waals surface area contributed by atoms with Crippen LogP contribution < -0.4 is 32.5 Å². The van der Waals surface area contributed by atoms with Gasteiger partial charge in [0, 0.05) is 19.0 Å². The molecule has 3 heterocycles. The second-order valence-corrected chi connectivity index (χ2v) is 7.14. The second kappa shape index (κ2) is 6.22. The molecule has 1 aliphatic heterocycles. The van der Waals surface area contributed by atoms with Crippen LogP contribution in [0.15, 0.2) is 15.8 Å². The third-order valence-electron chi connectivity index (χ3n) is 5.43. The molecule has 2 aliphatic rings. The lowest BCUT2D eigenvalue weighted by Crippen LogP contribution is -2.44. The third-order valence-corrected chi connectivity index (χ3v) is 5.43. The van der Waals surface area contributed by atoms with Crippen molar-refractivity contribution < 1.29 is 13.5 Å². The topological polar surface area (TPSA) is 108 Å². The molecule has 146 valence electrons. The Labute approximate surface area is 152 Å². The average molecular weight is 381 g/mol. The molecule has 1 saturated heterocycles. The van der Waals surface area contributed by atoms with Crippen molar-refractivity contribution in [1.82, 2.24) is 9.08 Å². The molecule has 2 aromatic heterocycles. The number of hydrogen-bond acceptors (Lipinski definition) is 6. The van der Waals surface area contributed by atoms with Crippen molar-refractivity contribution in [2.24, 2.45) is 11.7 Å². The van der Waals surface area contributed by atoms with Gasteiger partial charge in [-0.1, -0.05) is 0 Å². The van der Waals surface area contributed by atoms with Crippen LogP contribution in [0, 0.1) is 11.7 Å². The summed E-state index contributed by atoms with van der Waals surface area (Å²) in [6.45, 7) is 0.320. The van der Waals surface area contributed by atoms with Gasteiger partial charge in [-0.15, -0.1) is 0 Å². The molecular formula is C17H21F2N5O3. The van der Waals surface area contributed by atoms with E-state index >= 15 is 0 Å². The minimum atomic E-state index is -1.20. The van der Waals surface area contributed by atoms with Crippen molar-refractivity contribution in [3.63, 3.8) is 0 Å². The van der Waals surface area contributed by atoms with Gasteiger partial charge in [0.05, 0.1) is 18.9 Å². The van der Waals surface area contributed by atoms with Crippen LogP contribution in [0.3, 0.4) is 0 Å². The highest BCUT2D eigenvalue weighted by Crippen LogP contribution is 2.45. The average Bonchev–Trinajstić information content (AvgIpc) is 3.41. The highest BCUT2D eigenvalue weighted by Gasteiger charge is 2.37. The van der Waals surface area contributed by atoms with Crippen LogP contribution in [0.1, 0.15) is 24.3 Å². The molecular weight excluding hydrogens is 360 g/mol. The molecule has 0 aromatic carbocycles. The van der Waals surface area contributed by atoms with Crippen LogP contribution in [0.4, 0.5) is 14.5 Å². The van der Waals surface area contributed by atoms with Gasteiger partial charge in [-0.2, -0.15) is 4.68 Å². The molecule has 8 nitrogen and oxygen atoms in total. The lowest BCUT2D eigenvalue weighted by molar-refractivity contribution is 0.289. The molecule has 0 spiro atoms. The van der Waals surface area contributed by atoms with Crippen LogP contribution in [0.5, 0.6) is 5.75 Å². The van der Waals surface area contributed by atoms with E-state index in [0.717, 1.165) is 23.4 Å². The van der Waals surface area contributed by atoms with Crippen LogP contribution in [0.25, 0.3) is 5.52 Å². The number of ether oxygens (including phenoxy) is 1. The first-order valence-electron chi connectivity index (χ1n) is 8.80. The number of nitrogens with two attached hydrogens (primary N) is 2. The van der Waals surface area contributed by atoms with E-state index in [0.29, 0.717) is 10.2 Å². The fraction of sp³-hybridized carbons (Fsp3) is 0.529. The zero-order chi connectivity index (χ0) is 19.5. The Bertz CT molecular complexity index is 1030. The van der Waals surface area contributed by atoms with Gasteiger partial charge in [0.15, 0.2) is 11.6 Å². The fourth-order valence-electron chi connectivity index (χ4n) is 3.87. The Morgan fingerprint density at radius 1 is 1.30 bits per heavy atom. The number of pyridine rings is 1. The maximum atomic E-state index is 15.0. The zero-order valence-electron chi connectivity index (χ0n) is 14.8. The van der Waals surface area contributed by atoms with E-state index in [9.17, 15) is 18.4 Å². The molecule has 0 unspecified atom stereocenters. The van der Waals surface area contributed by atoms with E-state index in [2.05, 4.69) is 0 Å². The predicted molar refractivity (Wildman–Crippen MR) is 96.2 cm³/mol. The largest absolute Gasteiger partial charge is 0.492 e. The van der Waals surface area contributed by atoms with Crippen molar-refractivity contribution in [3.05, 3.63) is 38.4 Å². The molecule has 2 atom stereocenters. The maximum absolute atomic E-state index is 15.0. The minimum absolute atomic E-state index is 0.0339. The summed E-state index contributed by atoms with van der Waals surface area (Å²) in [7, 11) is 1.33. The number of rotatable bonds is 4. The molecule has 0 bridgehead atoms. The van der Waals surface area contributed by atoms with Gasteiger partial charge in [-0.25, -0.2) is 13.6 Å². The Kier molecular flexibility index (Phi) is 4.10. The summed E-state index contributed by atoms with van der Waals surface area (Å²) in [6, 6.07) is 0. The number of nitrogens with zero attached hydrogens (tertiary/aromatic N) is 3. The normalized spacial score (nSPS) is 22.6.